The van der Waals surface area contributed by atoms with Gasteiger partial charge in [-0.2, -0.15) is 5.26 Å². The summed E-state index contributed by atoms with van der Waals surface area (Å²) in [5, 5.41) is 14.8. The molecule has 0 bridgehead atoms. The van der Waals surface area contributed by atoms with Crippen molar-refractivity contribution in [2.45, 2.75) is 11.3 Å². The number of hydrogen-bond acceptors (Lipinski definition) is 5. The number of carbonyl (C=O) groups is 2. The van der Waals surface area contributed by atoms with Crippen LogP contribution in [0.3, 0.4) is 0 Å². The molecule has 0 atom stereocenters. The molecule has 1 heterocycles. The third kappa shape index (κ3) is 4.93. The number of fused-ring (bicyclic) bond motifs is 1. The van der Waals surface area contributed by atoms with E-state index in [4.69, 9.17) is 5.26 Å². The molecular formula is C25H22N4O2S. The first kappa shape index (κ1) is 21.5. The molecule has 7 heteroatoms. The van der Waals surface area contributed by atoms with Gasteiger partial charge in [0.05, 0.1) is 24.1 Å². The van der Waals surface area contributed by atoms with Crippen LogP contribution in [0.4, 0.5) is 17.1 Å². The lowest BCUT2D eigenvalue weighted by Gasteiger charge is -2.18. The summed E-state index contributed by atoms with van der Waals surface area (Å²) in [7, 11) is 0. The Hall–Kier alpha value is -3.76. The minimum atomic E-state index is -0.208. The molecule has 160 valence electrons. The van der Waals surface area contributed by atoms with E-state index in [0.29, 0.717) is 29.2 Å². The Morgan fingerprint density at radius 2 is 1.84 bits per heavy atom. The van der Waals surface area contributed by atoms with Gasteiger partial charge in [-0.15, -0.1) is 11.8 Å². The van der Waals surface area contributed by atoms with Crippen molar-refractivity contribution >= 4 is 40.6 Å². The van der Waals surface area contributed by atoms with Gasteiger partial charge in [0.2, 0.25) is 5.91 Å². The summed E-state index contributed by atoms with van der Waals surface area (Å²) in [5.41, 5.74) is 4.09. The van der Waals surface area contributed by atoms with Gasteiger partial charge in [0, 0.05) is 28.4 Å². The van der Waals surface area contributed by atoms with Crippen LogP contribution in [-0.4, -0.2) is 30.7 Å². The largest absolute Gasteiger partial charge is 0.376 e. The predicted molar refractivity (Wildman–Crippen MR) is 128 cm³/mol. The Balaban J connectivity index is 1.38. The summed E-state index contributed by atoms with van der Waals surface area (Å²) in [6.07, 6.45) is 0.855. The van der Waals surface area contributed by atoms with Crippen LogP contribution in [0.15, 0.2) is 77.7 Å². The number of benzene rings is 3. The van der Waals surface area contributed by atoms with Gasteiger partial charge in [-0.25, -0.2) is 0 Å². The van der Waals surface area contributed by atoms with Gasteiger partial charge in [0.25, 0.3) is 5.91 Å². The van der Waals surface area contributed by atoms with Gasteiger partial charge in [-0.3, -0.25) is 9.59 Å². The van der Waals surface area contributed by atoms with Crippen LogP contribution in [0, 0.1) is 11.3 Å². The first-order valence-corrected chi connectivity index (χ1v) is 11.3. The molecule has 1 aliphatic heterocycles. The first-order valence-electron chi connectivity index (χ1n) is 10.3. The Morgan fingerprint density at radius 1 is 1.03 bits per heavy atom. The zero-order chi connectivity index (χ0) is 22.3. The number of nitrogens with zero attached hydrogens (tertiary/aromatic N) is 2. The van der Waals surface area contributed by atoms with Crippen molar-refractivity contribution in [3.05, 3.63) is 83.9 Å². The molecule has 3 aromatic rings. The second-order valence-corrected chi connectivity index (χ2v) is 8.28. The van der Waals surface area contributed by atoms with Crippen LogP contribution < -0.4 is 15.5 Å². The lowest BCUT2D eigenvalue weighted by atomic mass is 10.1. The normalized spacial score (nSPS) is 12.0. The highest BCUT2D eigenvalue weighted by atomic mass is 32.2. The number of nitrogens with one attached hydrogen (secondary N) is 2. The van der Waals surface area contributed by atoms with Crippen molar-refractivity contribution in [1.82, 2.24) is 0 Å². The topological polar surface area (TPSA) is 85.2 Å². The van der Waals surface area contributed by atoms with Crippen molar-refractivity contribution < 1.29 is 9.59 Å². The average molecular weight is 443 g/mol. The van der Waals surface area contributed by atoms with Crippen molar-refractivity contribution in [3.8, 4) is 6.07 Å². The number of amides is 2. The molecule has 3 aromatic carbocycles. The van der Waals surface area contributed by atoms with E-state index in [1.54, 1.807) is 17.0 Å². The second-order valence-electron chi connectivity index (χ2n) is 7.26. The van der Waals surface area contributed by atoms with Gasteiger partial charge in [0.1, 0.15) is 0 Å². The van der Waals surface area contributed by atoms with Crippen LogP contribution in [0.5, 0.6) is 0 Å². The summed E-state index contributed by atoms with van der Waals surface area (Å²) in [4.78, 5) is 28.2. The second kappa shape index (κ2) is 10.0. The molecule has 2 amide bonds. The highest BCUT2D eigenvalue weighted by Crippen LogP contribution is 2.29. The van der Waals surface area contributed by atoms with E-state index >= 15 is 0 Å². The molecule has 0 saturated carbocycles. The maximum atomic E-state index is 13.1. The monoisotopic (exact) mass is 442 g/mol. The molecule has 2 N–H and O–H groups in total. The van der Waals surface area contributed by atoms with E-state index in [9.17, 15) is 9.59 Å². The smallest absolute Gasteiger partial charge is 0.258 e. The SMILES string of the molecule is N#CCSc1ccccc1NC(=O)CNc1cccc(C(=O)N2CCc3ccccc32)c1. The van der Waals surface area contributed by atoms with Crippen LogP contribution in [0.25, 0.3) is 0 Å². The zero-order valence-electron chi connectivity index (χ0n) is 17.4. The molecule has 0 unspecified atom stereocenters. The number of nitriles is 1. The first-order chi connectivity index (χ1) is 15.7. The lowest BCUT2D eigenvalue weighted by molar-refractivity contribution is -0.114. The summed E-state index contributed by atoms with van der Waals surface area (Å²) < 4.78 is 0. The van der Waals surface area contributed by atoms with Gasteiger partial charge >= 0.3 is 0 Å². The Morgan fingerprint density at radius 3 is 2.72 bits per heavy atom. The highest BCUT2D eigenvalue weighted by Gasteiger charge is 2.25. The Kier molecular flexibility index (Phi) is 6.73. The number of para-hydroxylation sites is 2. The third-order valence-corrected chi connectivity index (χ3v) is 6.09. The molecule has 0 spiro atoms. The number of rotatable bonds is 7. The average Bonchev–Trinajstić information content (AvgIpc) is 3.26. The van der Waals surface area contributed by atoms with Crippen molar-refractivity contribution in [1.29, 1.82) is 5.26 Å². The molecule has 0 fully saturated rings. The summed E-state index contributed by atoms with van der Waals surface area (Å²) in [5.74, 6) is 0.0553. The van der Waals surface area contributed by atoms with Gasteiger partial charge in [0.15, 0.2) is 0 Å². The van der Waals surface area contributed by atoms with E-state index in [1.807, 2.05) is 54.6 Å². The van der Waals surface area contributed by atoms with E-state index < -0.39 is 0 Å². The fraction of sp³-hybridized carbons (Fsp3) is 0.160. The van der Waals surface area contributed by atoms with E-state index in [2.05, 4.69) is 22.8 Å². The van der Waals surface area contributed by atoms with Gasteiger partial charge in [-0.1, -0.05) is 36.4 Å². The molecule has 0 saturated heterocycles. The molecule has 6 nitrogen and oxygen atoms in total. The minimum Gasteiger partial charge on any atom is -0.376 e. The van der Waals surface area contributed by atoms with Gasteiger partial charge < -0.3 is 15.5 Å². The van der Waals surface area contributed by atoms with E-state index in [0.717, 1.165) is 17.0 Å². The third-order valence-electron chi connectivity index (χ3n) is 5.15. The van der Waals surface area contributed by atoms with E-state index in [-0.39, 0.29) is 18.4 Å². The number of thioether (sulfide) groups is 1. The summed E-state index contributed by atoms with van der Waals surface area (Å²) >= 11 is 1.38. The quantitative estimate of drug-likeness (QED) is 0.524. The zero-order valence-corrected chi connectivity index (χ0v) is 18.2. The van der Waals surface area contributed by atoms with Crippen molar-refractivity contribution in [3.63, 3.8) is 0 Å². The molecule has 0 radical (unpaired) electrons. The fourth-order valence-electron chi connectivity index (χ4n) is 3.65. The number of carbonyl (C=O) groups excluding carboxylic acids is 2. The summed E-state index contributed by atoms with van der Waals surface area (Å²) in [6, 6.07) is 24.6. The molecule has 0 aliphatic carbocycles. The summed E-state index contributed by atoms with van der Waals surface area (Å²) in [6.45, 7) is 0.725. The number of anilines is 3. The van der Waals surface area contributed by atoms with Gasteiger partial charge in [-0.05, 0) is 48.4 Å². The maximum Gasteiger partial charge on any atom is 0.258 e. The predicted octanol–water partition coefficient (Wildman–Crippen LogP) is 4.56. The molecule has 32 heavy (non-hydrogen) atoms. The van der Waals surface area contributed by atoms with Crippen LogP contribution in [-0.2, 0) is 11.2 Å². The minimum absolute atomic E-state index is 0.0495. The van der Waals surface area contributed by atoms with Crippen LogP contribution in [0.2, 0.25) is 0 Å². The Labute approximate surface area is 191 Å². The Bertz CT molecular complexity index is 1190. The van der Waals surface area contributed by atoms with Crippen molar-refractivity contribution in [2.24, 2.45) is 0 Å². The van der Waals surface area contributed by atoms with Crippen LogP contribution in [0.1, 0.15) is 15.9 Å². The van der Waals surface area contributed by atoms with E-state index in [1.165, 1.54) is 17.3 Å². The standard InChI is InChI=1S/C25H22N4O2S/c26-13-15-32-23-11-4-2-9-21(23)28-24(30)17-27-20-8-5-7-19(16-20)25(31)29-14-12-18-6-1-3-10-22(18)29/h1-11,16,27H,12,14-15,17H2,(H,28,30). The molecule has 1 aliphatic rings. The number of hydrogen-bond donors (Lipinski definition) is 2. The maximum absolute atomic E-state index is 13.1. The molecule has 4 rings (SSSR count). The molecule has 0 aromatic heterocycles. The van der Waals surface area contributed by atoms with Crippen LogP contribution >= 0.6 is 11.8 Å². The highest BCUT2D eigenvalue weighted by molar-refractivity contribution is 7.99. The fourth-order valence-corrected chi connectivity index (χ4v) is 4.32. The van der Waals surface area contributed by atoms with Crippen molar-refractivity contribution in [2.75, 3.05) is 34.4 Å². The lowest BCUT2D eigenvalue weighted by Crippen LogP contribution is -2.29. The molecular weight excluding hydrogens is 420 g/mol.